The molecule has 2 fully saturated rings. The predicted octanol–water partition coefficient (Wildman–Crippen LogP) is 1.31. The van der Waals surface area contributed by atoms with Crippen LogP contribution in [0.1, 0.15) is 38.5 Å². The van der Waals surface area contributed by atoms with E-state index >= 15 is 0 Å². The number of nitrogens with zero attached hydrogens (tertiary/aromatic N) is 2. The van der Waals surface area contributed by atoms with Gasteiger partial charge in [-0.05, 0) is 57.7 Å². The van der Waals surface area contributed by atoms with Crippen molar-refractivity contribution in [2.24, 2.45) is 17.1 Å². The molecule has 0 aromatic rings. The molecule has 2 N–H and O–H groups in total. The van der Waals surface area contributed by atoms with Crippen LogP contribution in [-0.2, 0) is 4.79 Å². The standard InChI is InChI=1S/C15H29N3O/c1-17(2)11-13-4-8-18(9-5-13)14(19)10-15(12-16)6-3-7-15/h13H,3-12,16H2,1-2H3. The molecule has 1 heterocycles. The van der Waals surface area contributed by atoms with Crippen LogP contribution in [0.4, 0.5) is 0 Å². The van der Waals surface area contributed by atoms with Gasteiger partial charge in [0.15, 0.2) is 0 Å². The molecule has 2 aliphatic rings. The van der Waals surface area contributed by atoms with Crippen LogP contribution in [0.15, 0.2) is 0 Å². The Morgan fingerprint density at radius 1 is 1.32 bits per heavy atom. The van der Waals surface area contributed by atoms with Crippen molar-refractivity contribution < 1.29 is 4.79 Å². The molecule has 0 aromatic carbocycles. The van der Waals surface area contributed by atoms with Crippen LogP contribution >= 0.6 is 0 Å². The summed E-state index contributed by atoms with van der Waals surface area (Å²) >= 11 is 0. The number of hydrogen-bond acceptors (Lipinski definition) is 3. The van der Waals surface area contributed by atoms with Crippen molar-refractivity contribution in [1.29, 1.82) is 0 Å². The van der Waals surface area contributed by atoms with Gasteiger partial charge in [-0.15, -0.1) is 0 Å². The highest BCUT2D eigenvalue weighted by atomic mass is 16.2. The Bertz CT molecular complexity index is 299. The lowest BCUT2D eigenvalue weighted by Gasteiger charge is -2.42. The van der Waals surface area contributed by atoms with Gasteiger partial charge in [0.1, 0.15) is 0 Å². The van der Waals surface area contributed by atoms with Crippen molar-refractivity contribution in [3.63, 3.8) is 0 Å². The second-order valence-corrected chi connectivity index (χ2v) is 6.82. The summed E-state index contributed by atoms with van der Waals surface area (Å²) in [6.07, 6.45) is 6.52. The molecule has 1 saturated heterocycles. The highest BCUT2D eigenvalue weighted by molar-refractivity contribution is 5.77. The first-order chi connectivity index (χ1) is 9.04. The van der Waals surface area contributed by atoms with Crippen LogP contribution in [0.2, 0.25) is 0 Å². The first-order valence-corrected chi connectivity index (χ1v) is 7.67. The van der Waals surface area contributed by atoms with E-state index in [0.29, 0.717) is 18.9 Å². The van der Waals surface area contributed by atoms with Crippen LogP contribution in [0.3, 0.4) is 0 Å². The number of piperidine rings is 1. The molecule has 0 bridgehead atoms. The number of likely N-dealkylation sites (tertiary alicyclic amines) is 1. The molecule has 4 nitrogen and oxygen atoms in total. The summed E-state index contributed by atoms with van der Waals surface area (Å²) in [6, 6.07) is 0. The van der Waals surface area contributed by atoms with Gasteiger partial charge in [0, 0.05) is 26.1 Å². The molecule has 1 saturated carbocycles. The number of nitrogens with two attached hydrogens (primary N) is 1. The zero-order chi connectivity index (χ0) is 13.9. The van der Waals surface area contributed by atoms with Crippen LogP contribution in [0.5, 0.6) is 0 Å². The third kappa shape index (κ3) is 3.69. The Morgan fingerprint density at radius 3 is 2.37 bits per heavy atom. The van der Waals surface area contributed by atoms with Crippen LogP contribution in [0.25, 0.3) is 0 Å². The summed E-state index contributed by atoms with van der Waals surface area (Å²) in [5.74, 6) is 1.10. The minimum absolute atomic E-state index is 0.150. The molecule has 19 heavy (non-hydrogen) atoms. The topological polar surface area (TPSA) is 49.6 Å². The minimum atomic E-state index is 0.150. The predicted molar refractivity (Wildman–Crippen MR) is 77.8 cm³/mol. The largest absolute Gasteiger partial charge is 0.343 e. The molecular weight excluding hydrogens is 238 g/mol. The van der Waals surface area contributed by atoms with Gasteiger partial charge in [0.2, 0.25) is 5.91 Å². The number of carbonyl (C=O) groups excluding carboxylic acids is 1. The first kappa shape index (κ1) is 14.8. The maximum atomic E-state index is 12.4. The molecule has 0 spiro atoms. The minimum Gasteiger partial charge on any atom is -0.343 e. The van der Waals surface area contributed by atoms with Crippen molar-refractivity contribution in [1.82, 2.24) is 9.80 Å². The lowest BCUT2D eigenvalue weighted by molar-refractivity contribution is -0.136. The van der Waals surface area contributed by atoms with E-state index in [-0.39, 0.29) is 5.41 Å². The smallest absolute Gasteiger partial charge is 0.223 e. The van der Waals surface area contributed by atoms with Gasteiger partial charge in [-0.2, -0.15) is 0 Å². The maximum Gasteiger partial charge on any atom is 0.223 e. The van der Waals surface area contributed by atoms with E-state index < -0.39 is 0 Å². The number of carbonyl (C=O) groups is 1. The summed E-state index contributed by atoms with van der Waals surface area (Å²) in [7, 11) is 4.25. The van der Waals surface area contributed by atoms with Gasteiger partial charge in [-0.3, -0.25) is 4.79 Å². The van der Waals surface area contributed by atoms with Crippen molar-refractivity contribution >= 4 is 5.91 Å². The molecule has 4 heteroatoms. The fraction of sp³-hybridized carbons (Fsp3) is 0.933. The SMILES string of the molecule is CN(C)CC1CCN(C(=O)CC2(CN)CCC2)CC1. The average molecular weight is 267 g/mol. The lowest BCUT2D eigenvalue weighted by Crippen LogP contribution is -2.46. The van der Waals surface area contributed by atoms with Gasteiger partial charge in [0.05, 0.1) is 0 Å². The molecular formula is C15H29N3O. The van der Waals surface area contributed by atoms with Crippen molar-refractivity contribution in [3.05, 3.63) is 0 Å². The Hall–Kier alpha value is -0.610. The highest BCUT2D eigenvalue weighted by Gasteiger charge is 2.39. The van der Waals surface area contributed by atoms with Gasteiger partial charge in [0.25, 0.3) is 0 Å². The molecule has 1 amide bonds. The third-order valence-corrected chi connectivity index (χ3v) is 4.96. The Labute approximate surface area is 117 Å². The summed E-state index contributed by atoms with van der Waals surface area (Å²) in [4.78, 5) is 16.7. The van der Waals surface area contributed by atoms with E-state index in [0.717, 1.165) is 51.2 Å². The molecule has 1 aliphatic heterocycles. The fourth-order valence-electron chi connectivity index (χ4n) is 3.44. The van der Waals surface area contributed by atoms with Gasteiger partial charge in [-0.25, -0.2) is 0 Å². The zero-order valence-corrected chi connectivity index (χ0v) is 12.5. The summed E-state index contributed by atoms with van der Waals surface area (Å²) < 4.78 is 0. The molecule has 0 aromatic heterocycles. The number of amides is 1. The van der Waals surface area contributed by atoms with Crippen molar-refractivity contribution in [2.75, 3.05) is 40.3 Å². The van der Waals surface area contributed by atoms with Gasteiger partial charge < -0.3 is 15.5 Å². The van der Waals surface area contributed by atoms with E-state index in [2.05, 4.69) is 23.9 Å². The fourth-order valence-corrected chi connectivity index (χ4v) is 3.44. The Kier molecular flexibility index (Phi) is 4.85. The Balaban J connectivity index is 1.76. The Morgan fingerprint density at radius 2 is 1.95 bits per heavy atom. The van der Waals surface area contributed by atoms with Crippen LogP contribution in [0, 0.1) is 11.3 Å². The van der Waals surface area contributed by atoms with Crippen LogP contribution < -0.4 is 5.73 Å². The lowest BCUT2D eigenvalue weighted by atomic mass is 9.66. The average Bonchev–Trinajstić information content (AvgIpc) is 2.34. The van der Waals surface area contributed by atoms with Gasteiger partial charge in [-0.1, -0.05) is 6.42 Å². The molecule has 110 valence electrons. The highest BCUT2D eigenvalue weighted by Crippen LogP contribution is 2.43. The molecule has 0 atom stereocenters. The quantitative estimate of drug-likeness (QED) is 0.817. The van der Waals surface area contributed by atoms with E-state index in [4.69, 9.17) is 5.73 Å². The molecule has 0 radical (unpaired) electrons. The summed E-state index contributed by atoms with van der Waals surface area (Å²) in [5, 5.41) is 0. The third-order valence-electron chi connectivity index (χ3n) is 4.96. The van der Waals surface area contributed by atoms with Crippen molar-refractivity contribution in [3.8, 4) is 0 Å². The van der Waals surface area contributed by atoms with E-state index in [9.17, 15) is 4.79 Å². The van der Waals surface area contributed by atoms with E-state index in [1.807, 2.05) is 0 Å². The van der Waals surface area contributed by atoms with E-state index in [1.54, 1.807) is 0 Å². The maximum absolute atomic E-state index is 12.4. The number of hydrogen-bond donors (Lipinski definition) is 1. The summed E-state index contributed by atoms with van der Waals surface area (Å²) in [5.41, 5.74) is 6.00. The normalized spacial score (nSPS) is 23.5. The summed E-state index contributed by atoms with van der Waals surface area (Å²) in [6.45, 7) is 3.71. The second-order valence-electron chi connectivity index (χ2n) is 6.82. The molecule has 2 rings (SSSR count). The van der Waals surface area contributed by atoms with Gasteiger partial charge >= 0.3 is 0 Å². The van der Waals surface area contributed by atoms with E-state index in [1.165, 1.54) is 6.42 Å². The first-order valence-electron chi connectivity index (χ1n) is 7.67. The van der Waals surface area contributed by atoms with Crippen LogP contribution in [-0.4, -0.2) is 56.0 Å². The zero-order valence-electron chi connectivity index (χ0n) is 12.5. The molecule has 1 aliphatic carbocycles. The second kappa shape index (κ2) is 6.23. The number of rotatable bonds is 5. The van der Waals surface area contributed by atoms with Crippen molar-refractivity contribution in [2.45, 2.75) is 38.5 Å². The molecule has 0 unspecified atom stereocenters. The monoisotopic (exact) mass is 267 g/mol.